The van der Waals surface area contributed by atoms with Crippen LogP contribution in [0.3, 0.4) is 0 Å². The van der Waals surface area contributed by atoms with Crippen molar-refractivity contribution in [1.82, 2.24) is 19.7 Å². The van der Waals surface area contributed by atoms with Gasteiger partial charge in [-0.05, 0) is 56.7 Å². The average molecular weight is 345 g/mol. The van der Waals surface area contributed by atoms with E-state index in [1.54, 1.807) is 11.7 Å². The Labute approximate surface area is 147 Å². The number of H-pyrrole nitrogens is 1. The molecule has 1 fully saturated rings. The van der Waals surface area contributed by atoms with Crippen molar-refractivity contribution >= 4 is 16.9 Å². The Bertz CT molecular complexity index is 843. The van der Waals surface area contributed by atoms with Crippen molar-refractivity contribution in [3.05, 3.63) is 27.2 Å². The smallest absolute Gasteiger partial charge is 0.273 e. The molecule has 3 heterocycles. The van der Waals surface area contributed by atoms with Gasteiger partial charge in [-0.25, -0.2) is 4.98 Å². The van der Waals surface area contributed by atoms with Gasteiger partial charge < -0.3 is 10.6 Å². The fourth-order valence-corrected chi connectivity index (χ4v) is 3.82. The van der Waals surface area contributed by atoms with E-state index in [1.165, 1.54) is 0 Å². The van der Waals surface area contributed by atoms with Crippen LogP contribution in [0.2, 0.25) is 0 Å². The van der Waals surface area contributed by atoms with E-state index in [9.17, 15) is 9.59 Å². The number of likely N-dealkylation sites (tertiary alicyclic amines) is 1. The zero-order chi connectivity index (χ0) is 18.1. The summed E-state index contributed by atoms with van der Waals surface area (Å²) in [6.07, 6.45) is 3.05. The van der Waals surface area contributed by atoms with E-state index in [1.807, 2.05) is 18.7 Å². The van der Waals surface area contributed by atoms with Crippen molar-refractivity contribution in [2.45, 2.75) is 39.5 Å². The standard InChI is InChI=1S/C18H27N5O2/c1-11-14(12(2)20-17-16(11)18(25)21-22(17)3)4-5-15(24)23-8-6-13(10-19)7-9-23/h13H,4-10,19H2,1-3H3,(H,21,25). The number of aryl methyl sites for hydroxylation is 3. The number of hydrogen-bond acceptors (Lipinski definition) is 4. The molecule has 1 amide bonds. The maximum atomic E-state index is 12.5. The molecule has 2 aromatic rings. The van der Waals surface area contributed by atoms with Gasteiger partial charge in [-0.1, -0.05) is 0 Å². The van der Waals surface area contributed by atoms with Crippen molar-refractivity contribution in [3.63, 3.8) is 0 Å². The van der Waals surface area contributed by atoms with Crippen LogP contribution in [0.4, 0.5) is 0 Å². The minimum absolute atomic E-state index is 0.126. The third-order valence-corrected chi connectivity index (χ3v) is 5.47. The maximum Gasteiger partial charge on any atom is 0.273 e. The number of nitrogens with zero attached hydrogens (tertiary/aromatic N) is 3. The quantitative estimate of drug-likeness (QED) is 0.864. The zero-order valence-electron chi connectivity index (χ0n) is 15.3. The summed E-state index contributed by atoms with van der Waals surface area (Å²) >= 11 is 0. The molecule has 1 saturated heterocycles. The van der Waals surface area contributed by atoms with Gasteiger partial charge in [0.1, 0.15) is 0 Å². The number of carbonyl (C=O) groups excluding carboxylic acids is 1. The number of nitrogens with two attached hydrogens (primary N) is 1. The molecule has 0 saturated carbocycles. The molecular weight excluding hydrogens is 318 g/mol. The molecule has 0 radical (unpaired) electrons. The Morgan fingerprint density at radius 1 is 1.32 bits per heavy atom. The van der Waals surface area contributed by atoms with E-state index >= 15 is 0 Å². The highest BCUT2D eigenvalue weighted by Gasteiger charge is 2.22. The van der Waals surface area contributed by atoms with Crippen molar-refractivity contribution in [1.29, 1.82) is 0 Å². The van der Waals surface area contributed by atoms with Gasteiger partial charge in [0.25, 0.3) is 5.56 Å². The predicted molar refractivity (Wildman–Crippen MR) is 97.5 cm³/mol. The molecule has 1 aliphatic rings. The molecular formula is C18H27N5O2. The van der Waals surface area contributed by atoms with Crippen molar-refractivity contribution < 1.29 is 4.79 Å². The van der Waals surface area contributed by atoms with Gasteiger partial charge in [0, 0.05) is 32.3 Å². The Hall–Kier alpha value is -2.15. The molecule has 3 N–H and O–H groups in total. The number of hydrogen-bond donors (Lipinski definition) is 2. The van der Waals surface area contributed by atoms with Gasteiger partial charge in [0.05, 0.1) is 5.39 Å². The number of carbonyl (C=O) groups is 1. The van der Waals surface area contributed by atoms with Gasteiger partial charge in [0.2, 0.25) is 5.91 Å². The minimum atomic E-state index is -0.126. The van der Waals surface area contributed by atoms with E-state index in [0.717, 1.165) is 42.8 Å². The number of rotatable bonds is 4. The van der Waals surface area contributed by atoms with Crippen molar-refractivity contribution in [2.24, 2.45) is 18.7 Å². The van der Waals surface area contributed by atoms with Crippen LogP contribution in [0, 0.1) is 19.8 Å². The zero-order valence-corrected chi connectivity index (χ0v) is 15.3. The molecule has 1 aliphatic heterocycles. The molecule has 0 spiro atoms. The highest BCUT2D eigenvalue weighted by molar-refractivity contribution is 5.81. The van der Waals surface area contributed by atoms with E-state index in [0.29, 0.717) is 36.3 Å². The first-order valence-electron chi connectivity index (χ1n) is 8.95. The summed E-state index contributed by atoms with van der Waals surface area (Å²) in [6, 6.07) is 0. The highest BCUT2D eigenvalue weighted by Crippen LogP contribution is 2.22. The first-order valence-corrected chi connectivity index (χ1v) is 8.95. The number of pyridine rings is 1. The lowest BCUT2D eigenvalue weighted by atomic mass is 9.96. The number of fused-ring (bicyclic) bond motifs is 1. The van der Waals surface area contributed by atoms with Crippen LogP contribution in [0.5, 0.6) is 0 Å². The average Bonchev–Trinajstić information content (AvgIpc) is 2.88. The summed E-state index contributed by atoms with van der Waals surface area (Å²) in [4.78, 5) is 31.2. The summed E-state index contributed by atoms with van der Waals surface area (Å²) in [5.41, 5.74) is 9.07. The summed E-state index contributed by atoms with van der Waals surface area (Å²) in [5.74, 6) is 0.723. The fourth-order valence-electron chi connectivity index (χ4n) is 3.82. The topological polar surface area (TPSA) is 97.0 Å². The van der Waals surface area contributed by atoms with Gasteiger partial charge >= 0.3 is 0 Å². The van der Waals surface area contributed by atoms with E-state index < -0.39 is 0 Å². The van der Waals surface area contributed by atoms with Crippen LogP contribution < -0.4 is 11.3 Å². The predicted octanol–water partition coefficient (Wildman–Crippen LogP) is 1.01. The first-order chi connectivity index (χ1) is 11.9. The second-order valence-electron chi connectivity index (χ2n) is 7.06. The van der Waals surface area contributed by atoms with Crippen molar-refractivity contribution in [3.8, 4) is 0 Å². The van der Waals surface area contributed by atoms with Crippen LogP contribution in [-0.2, 0) is 18.3 Å². The van der Waals surface area contributed by atoms with Crippen LogP contribution in [0.1, 0.15) is 36.1 Å². The lowest BCUT2D eigenvalue weighted by Crippen LogP contribution is -2.40. The summed E-state index contributed by atoms with van der Waals surface area (Å²) in [7, 11) is 1.78. The number of aromatic amines is 1. The molecule has 3 rings (SSSR count). The van der Waals surface area contributed by atoms with Gasteiger partial charge in [-0.2, -0.15) is 0 Å². The van der Waals surface area contributed by atoms with E-state index in [4.69, 9.17) is 5.73 Å². The van der Waals surface area contributed by atoms with Gasteiger partial charge in [-0.15, -0.1) is 0 Å². The second-order valence-corrected chi connectivity index (χ2v) is 7.06. The summed E-state index contributed by atoms with van der Waals surface area (Å²) in [6.45, 7) is 6.19. The second kappa shape index (κ2) is 7.00. The molecule has 136 valence electrons. The van der Waals surface area contributed by atoms with E-state index in [-0.39, 0.29) is 11.5 Å². The Morgan fingerprint density at radius 2 is 2.00 bits per heavy atom. The Balaban J connectivity index is 1.74. The Kier molecular flexibility index (Phi) is 4.94. The number of nitrogens with one attached hydrogen (secondary N) is 1. The number of piperidine rings is 1. The van der Waals surface area contributed by atoms with Gasteiger partial charge in [0.15, 0.2) is 5.65 Å². The van der Waals surface area contributed by atoms with Crippen LogP contribution in [0.25, 0.3) is 11.0 Å². The molecule has 0 aliphatic carbocycles. The number of amides is 1. The number of aromatic nitrogens is 3. The SMILES string of the molecule is Cc1nc2c(c(C)c1CCC(=O)N1CCC(CN)CC1)c(=O)[nH]n2C. The molecule has 7 heteroatoms. The normalized spacial score (nSPS) is 15.9. The third kappa shape index (κ3) is 3.33. The molecule has 25 heavy (non-hydrogen) atoms. The van der Waals surface area contributed by atoms with Gasteiger partial charge in [-0.3, -0.25) is 19.4 Å². The molecule has 0 atom stereocenters. The first kappa shape index (κ1) is 17.7. The largest absolute Gasteiger partial charge is 0.343 e. The fraction of sp³-hybridized carbons (Fsp3) is 0.611. The lowest BCUT2D eigenvalue weighted by molar-refractivity contribution is -0.132. The monoisotopic (exact) mass is 345 g/mol. The third-order valence-electron chi connectivity index (χ3n) is 5.47. The molecule has 7 nitrogen and oxygen atoms in total. The molecule has 0 bridgehead atoms. The Morgan fingerprint density at radius 3 is 2.64 bits per heavy atom. The van der Waals surface area contributed by atoms with Crippen LogP contribution >= 0.6 is 0 Å². The van der Waals surface area contributed by atoms with Crippen molar-refractivity contribution in [2.75, 3.05) is 19.6 Å². The maximum absolute atomic E-state index is 12.5. The summed E-state index contributed by atoms with van der Waals surface area (Å²) < 4.78 is 1.65. The lowest BCUT2D eigenvalue weighted by Gasteiger charge is -2.31. The van der Waals surface area contributed by atoms with Crippen LogP contribution in [-0.4, -0.2) is 45.2 Å². The highest BCUT2D eigenvalue weighted by atomic mass is 16.2. The molecule has 0 aromatic carbocycles. The van der Waals surface area contributed by atoms with Crippen LogP contribution in [0.15, 0.2) is 4.79 Å². The van der Waals surface area contributed by atoms with E-state index in [2.05, 4.69) is 10.1 Å². The summed E-state index contributed by atoms with van der Waals surface area (Å²) in [5, 5.41) is 3.37. The molecule has 0 unspecified atom stereocenters. The molecule has 2 aromatic heterocycles. The minimum Gasteiger partial charge on any atom is -0.343 e.